The van der Waals surface area contributed by atoms with Crippen molar-refractivity contribution >= 4 is 5.69 Å². The maximum absolute atomic E-state index is 11.9. The van der Waals surface area contributed by atoms with E-state index < -0.39 is 0 Å². The molecule has 0 aliphatic heterocycles. The molecule has 1 atom stereocenters. The van der Waals surface area contributed by atoms with E-state index >= 15 is 0 Å². The van der Waals surface area contributed by atoms with Crippen LogP contribution in [0.4, 0.5) is 5.69 Å². The van der Waals surface area contributed by atoms with Crippen molar-refractivity contribution in [2.45, 2.75) is 19.9 Å². The zero-order valence-electron chi connectivity index (χ0n) is 7.82. The van der Waals surface area contributed by atoms with Crippen molar-refractivity contribution < 1.29 is 0 Å². The van der Waals surface area contributed by atoms with Gasteiger partial charge in [0.2, 0.25) is 0 Å². The minimum absolute atomic E-state index is 0.0624. The third-order valence-electron chi connectivity index (χ3n) is 2.25. The smallest absolute Gasteiger partial charge is 0.132 e. The highest BCUT2D eigenvalue weighted by atomic mass is 16.5. The zero-order chi connectivity index (χ0) is 9.19. The van der Waals surface area contributed by atoms with E-state index in [-0.39, 0.29) is 10.7 Å². The number of hydrogen-bond donors (Lipinski definition) is 0. The first-order valence-corrected chi connectivity index (χ1v) is 4.18. The highest BCUT2D eigenvalue weighted by Gasteiger charge is 2.17. The minimum Gasteiger partial charge on any atom is -0.627 e. The number of rotatable bonds is 2. The standard InChI is InChI=1S/C10H15NO/c1-9(2)11(3,12)10-7-5-4-6-8-10/h4-9H,1-3H3. The fourth-order valence-corrected chi connectivity index (χ4v) is 1.02. The van der Waals surface area contributed by atoms with E-state index in [4.69, 9.17) is 0 Å². The van der Waals surface area contributed by atoms with Crippen LogP contribution in [0.15, 0.2) is 30.3 Å². The van der Waals surface area contributed by atoms with Gasteiger partial charge in [0, 0.05) is 0 Å². The Labute approximate surface area is 73.6 Å². The Morgan fingerprint density at radius 1 is 1.17 bits per heavy atom. The summed E-state index contributed by atoms with van der Waals surface area (Å²) in [4.78, 5) is 0. The topological polar surface area (TPSA) is 23.1 Å². The van der Waals surface area contributed by atoms with Crippen molar-refractivity contribution in [2.75, 3.05) is 7.05 Å². The minimum atomic E-state index is -0.305. The largest absolute Gasteiger partial charge is 0.627 e. The van der Waals surface area contributed by atoms with E-state index in [1.54, 1.807) is 7.05 Å². The number of hydrogen-bond acceptors (Lipinski definition) is 1. The molecular weight excluding hydrogens is 150 g/mol. The average molecular weight is 165 g/mol. The van der Waals surface area contributed by atoms with Gasteiger partial charge in [0.25, 0.3) is 0 Å². The summed E-state index contributed by atoms with van der Waals surface area (Å²) in [5.74, 6) is 0. The monoisotopic (exact) mass is 165 g/mol. The van der Waals surface area contributed by atoms with E-state index in [2.05, 4.69) is 0 Å². The Hall–Kier alpha value is -0.860. The lowest BCUT2D eigenvalue weighted by Crippen LogP contribution is -2.44. The predicted molar refractivity (Wildman–Crippen MR) is 52.7 cm³/mol. The molecule has 0 aromatic heterocycles. The Morgan fingerprint density at radius 2 is 1.67 bits per heavy atom. The summed E-state index contributed by atoms with van der Waals surface area (Å²) < 4.78 is -0.305. The maximum atomic E-state index is 11.9. The van der Waals surface area contributed by atoms with Gasteiger partial charge >= 0.3 is 0 Å². The van der Waals surface area contributed by atoms with E-state index in [0.717, 1.165) is 5.69 Å². The maximum Gasteiger partial charge on any atom is 0.132 e. The summed E-state index contributed by atoms with van der Waals surface area (Å²) in [6.45, 7) is 3.86. The molecule has 0 saturated carbocycles. The molecule has 1 rings (SSSR count). The van der Waals surface area contributed by atoms with E-state index in [9.17, 15) is 5.21 Å². The first-order valence-electron chi connectivity index (χ1n) is 4.18. The van der Waals surface area contributed by atoms with Crippen LogP contribution in [0.5, 0.6) is 0 Å². The third-order valence-corrected chi connectivity index (χ3v) is 2.25. The number of quaternary nitrogens is 1. The summed E-state index contributed by atoms with van der Waals surface area (Å²) in [6.07, 6.45) is 0. The Kier molecular flexibility index (Phi) is 2.50. The number of benzene rings is 1. The lowest BCUT2D eigenvalue weighted by Gasteiger charge is -2.41. The van der Waals surface area contributed by atoms with Gasteiger partial charge in [-0.15, -0.1) is 0 Å². The van der Waals surface area contributed by atoms with Crippen molar-refractivity contribution in [1.82, 2.24) is 4.65 Å². The summed E-state index contributed by atoms with van der Waals surface area (Å²) >= 11 is 0. The van der Waals surface area contributed by atoms with Crippen LogP contribution in [0, 0.1) is 5.21 Å². The molecule has 0 bridgehead atoms. The van der Waals surface area contributed by atoms with Gasteiger partial charge in [-0.05, 0) is 26.0 Å². The van der Waals surface area contributed by atoms with Crippen molar-refractivity contribution in [3.05, 3.63) is 35.5 Å². The van der Waals surface area contributed by atoms with Gasteiger partial charge in [0.05, 0.1) is 13.1 Å². The highest BCUT2D eigenvalue weighted by Crippen LogP contribution is 2.21. The van der Waals surface area contributed by atoms with Crippen LogP contribution in [-0.2, 0) is 0 Å². The lowest BCUT2D eigenvalue weighted by molar-refractivity contribution is 0.369. The summed E-state index contributed by atoms with van der Waals surface area (Å²) in [6, 6.07) is 9.51. The van der Waals surface area contributed by atoms with Crippen LogP contribution in [0.25, 0.3) is 0 Å². The van der Waals surface area contributed by atoms with Gasteiger partial charge in [-0.2, -0.15) is 0 Å². The molecule has 0 N–H and O–H groups in total. The third kappa shape index (κ3) is 1.65. The van der Waals surface area contributed by atoms with E-state index in [1.165, 1.54) is 0 Å². The van der Waals surface area contributed by atoms with Crippen molar-refractivity contribution in [3.8, 4) is 0 Å². The van der Waals surface area contributed by atoms with Gasteiger partial charge < -0.3 is 9.85 Å². The van der Waals surface area contributed by atoms with Gasteiger partial charge in [-0.25, -0.2) is 0 Å². The van der Waals surface area contributed by atoms with E-state index in [1.807, 2.05) is 44.2 Å². The van der Waals surface area contributed by atoms with Crippen LogP contribution >= 0.6 is 0 Å². The molecule has 0 heterocycles. The lowest BCUT2D eigenvalue weighted by atomic mass is 10.2. The highest BCUT2D eigenvalue weighted by molar-refractivity contribution is 5.42. The second kappa shape index (κ2) is 3.25. The van der Waals surface area contributed by atoms with Gasteiger partial charge in [-0.1, -0.05) is 18.2 Å². The Morgan fingerprint density at radius 3 is 2.08 bits per heavy atom. The van der Waals surface area contributed by atoms with E-state index in [0.29, 0.717) is 0 Å². The van der Waals surface area contributed by atoms with Crippen molar-refractivity contribution in [3.63, 3.8) is 0 Å². The van der Waals surface area contributed by atoms with Crippen LogP contribution in [0.1, 0.15) is 13.8 Å². The number of hydroxylamine groups is 2. The Bertz CT molecular complexity index is 241. The normalized spacial score (nSPS) is 16.1. The molecule has 0 aliphatic rings. The molecule has 12 heavy (non-hydrogen) atoms. The van der Waals surface area contributed by atoms with Gasteiger partial charge in [0.1, 0.15) is 5.69 Å². The predicted octanol–water partition coefficient (Wildman–Crippen LogP) is 2.53. The second-order valence-corrected chi connectivity index (χ2v) is 3.42. The average Bonchev–Trinajstić information content (AvgIpc) is 2.06. The molecule has 0 saturated heterocycles. The molecule has 1 aromatic rings. The molecule has 0 spiro atoms. The van der Waals surface area contributed by atoms with Gasteiger partial charge in [-0.3, -0.25) is 0 Å². The Balaban J connectivity index is 2.98. The van der Waals surface area contributed by atoms with Gasteiger partial charge in [0.15, 0.2) is 0 Å². The summed E-state index contributed by atoms with van der Waals surface area (Å²) in [5.41, 5.74) is 0.813. The molecule has 1 aromatic carbocycles. The summed E-state index contributed by atoms with van der Waals surface area (Å²) in [5, 5.41) is 11.9. The van der Waals surface area contributed by atoms with Crippen molar-refractivity contribution in [2.24, 2.45) is 0 Å². The molecule has 0 amide bonds. The van der Waals surface area contributed by atoms with Crippen LogP contribution in [0.3, 0.4) is 0 Å². The first kappa shape index (κ1) is 9.23. The molecular formula is C10H15NO. The quantitative estimate of drug-likeness (QED) is 0.488. The van der Waals surface area contributed by atoms with Crippen LogP contribution in [0.2, 0.25) is 0 Å². The molecule has 0 aliphatic carbocycles. The van der Waals surface area contributed by atoms with Crippen LogP contribution < -0.4 is 4.65 Å². The first-order chi connectivity index (χ1) is 5.55. The number of nitrogens with zero attached hydrogens (tertiary/aromatic N) is 1. The molecule has 1 unspecified atom stereocenters. The fourth-order valence-electron chi connectivity index (χ4n) is 1.02. The SMILES string of the molecule is CC(C)[N+](C)([O-])c1ccccc1. The van der Waals surface area contributed by atoms with Crippen LogP contribution in [-0.4, -0.2) is 13.1 Å². The molecule has 66 valence electrons. The zero-order valence-corrected chi connectivity index (χ0v) is 7.82. The molecule has 0 radical (unpaired) electrons. The number of para-hydroxylation sites is 1. The molecule has 2 heteroatoms. The second-order valence-electron chi connectivity index (χ2n) is 3.42. The fraction of sp³-hybridized carbons (Fsp3) is 0.400. The molecule has 0 fully saturated rings. The molecule has 2 nitrogen and oxygen atoms in total. The van der Waals surface area contributed by atoms with Crippen molar-refractivity contribution in [1.29, 1.82) is 0 Å². The summed E-state index contributed by atoms with van der Waals surface area (Å²) in [7, 11) is 1.68.